The average molecular weight is 257 g/mol. The Morgan fingerprint density at radius 3 is 2.58 bits per heavy atom. The summed E-state index contributed by atoms with van der Waals surface area (Å²) in [5, 5.41) is 12.3. The van der Waals surface area contributed by atoms with Gasteiger partial charge in [0.25, 0.3) is 0 Å². The lowest BCUT2D eigenvalue weighted by Gasteiger charge is -2.21. The minimum absolute atomic E-state index is 0.339. The lowest BCUT2D eigenvalue weighted by Crippen LogP contribution is -2.34. The van der Waals surface area contributed by atoms with Crippen molar-refractivity contribution in [1.82, 2.24) is 10.2 Å². The van der Waals surface area contributed by atoms with Crippen molar-refractivity contribution in [3.63, 3.8) is 0 Å². The summed E-state index contributed by atoms with van der Waals surface area (Å²) in [7, 11) is 0. The number of benzene rings is 1. The van der Waals surface area contributed by atoms with Gasteiger partial charge in [0.1, 0.15) is 0 Å². The number of hydrogen-bond acceptors (Lipinski definition) is 3. The second-order valence-corrected chi connectivity index (χ2v) is 5.27. The molecule has 1 saturated carbocycles. The predicted octanol–water partition coefficient (Wildman–Crippen LogP) is 2.69. The van der Waals surface area contributed by atoms with E-state index in [2.05, 4.69) is 30.1 Å². The van der Waals surface area contributed by atoms with Gasteiger partial charge in [-0.15, -0.1) is 0 Å². The highest BCUT2D eigenvalue weighted by molar-refractivity contribution is 5.32. The third-order valence-corrected chi connectivity index (χ3v) is 3.86. The van der Waals surface area contributed by atoms with Crippen molar-refractivity contribution < 1.29 is 0 Å². The van der Waals surface area contributed by atoms with Crippen LogP contribution < -0.4 is 5.32 Å². The van der Waals surface area contributed by atoms with E-state index in [0.717, 1.165) is 31.2 Å². The predicted molar refractivity (Wildman–Crippen MR) is 77.8 cm³/mol. The van der Waals surface area contributed by atoms with Crippen LogP contribution in [0.15, 0.2) is 24.3 Å². The lowest BCUT2D eigenvalue weighted by atomic mass is 10.1. The topological polar surface area (TPSA) is 39.1 Å². The van der Waals surface area contributed by atoms with E-state index in [9.17, 15) is 0 Å². The summed E-state index contributed by atoms with van der Waals surface area (Å²) < 4.78 is 0. The molecule has 1 unspecified atom stereocenters. The fraction of sp³-hybridized carbons (Fsp3) is 0.562. The molecule has 19 heavy (non-hydrogen) atoms. The molecule has 0 aromatic heterocycles. The van der Waals surface area contributed by atoms with Gasteiger partial charge in [0.05, 0.1) is 11.6 Å². The second kappa shape index (κ2) is 6.70. The molecule has 0 bridgehead atoms. The average Bonchev–Trinajstić information content (AvgIpc) is 3.28. The number of nitrogens with zero attached hydrogens (tertiary/aromatic N) is 2. The number of rotatable bonds is 7. The van der Waals surface area contributed by atoms with Crippen LogP contribution in [0.5, 0.6) is 0 Å². The maximum Gasteiger partial charge on any atom is 0.0991 e. The van der Waals surface area contributed by atoms with E-state index in [-0.39, 0.29) is 0 Å². The lowest BCUT2D eigenvalue weighted by molar-refractivity contribution is 0.273. The van der Waals surface area contributed by atoms with E-state index in [1.54, 1.807) is 0 Å². The summed E-state index contributed by atoms with van der Waals surface area (Å²) in [5.41, 5.74) is 1.97. The Kier molecular flexibility index (Phi) is 4.95. The van der Waals surface area contributed by atoms with Crippen LogP contribution >= 0.6 is 0 Å². The zero-order valence-electron chi connectivity index (χ0n) is 11.9. The van der Waals surface area contributed by atoms with Crippen molar-refractivity contribution in [2.45, 2.75) is 38.8 Å². The summed E-state index contributed by atoms with van der Waals surface area (Å²) in [6.07, 6.45) is 2.75. The highest BCUT2D eigenvalue weighted by atomic mass is 15.2. The summed E-state index contributed by atoms with van der Waals surface area (Å²) in [4.78, 5) is 2.55. The molecule has 1 aliphatic rings. The second-order valence-electron chi connectivity index (χ2n) is 5.27. The first-order valence-corrected chi connectivity index (χ1v) is 7.22. The van der Waals surface area contributed by atoms with Crippen LogP contribution in [0.3, 0.4) is 0 Å². The Hall–Kier alpha value is -1.37. The normalized spacial score (nSPS) is 16.3. The highest BCUT2D eigenvalue weighted by Gasteiger charge is 2.27. The van der Waals surface area contributed by atoms with Gasteiger partial charge in [0.2, 0.25) is 0 Å². The third kappa shape index (κ3) is 4.05. The van der Waals surface area contributed by atoms with Gasteiger partial charge < -0.3 is 5.32 Å². The third-order valence-electron chi connectivity index (χ3n) is 3.86. The molecule has 1 aromatic rings. The van der Waals surface area contributed by atoms with Gasteiger partial charge in [0, 0.05) is 25.2 Å². The van der Waals surface area contributed by atoms with Gasteiger partial charge in [-0.2, -0.15) is 5.26 Å². The van der Waals surface area contributed by atoms with Gasteiger partial charge in [-0.3, -0.25) is 4.90 Å². The van der Waals surface area contributed by atoms with E-state index in [1.807, 2.05) is 24.3 Å². The van der Waals surface area contributed by atoms with Gasteiger partial charge in [0.15, 0.2) is 0 Å². The summed E-state index contributed by atoms with van der Waals surface area (Å²) >= 11 is 0. The van der Waals surface area contributed by atoms with Crippen molar-refractivity contribution in [2.75, 3.05) is 19.6 Å². The molecule has 1 aliphatic carbocycles. The Morgan fingerprint density at radius 2 is 2.05 bits per heavy atom. The quantitative estimate of drug-likeness (QED) is 0.816. The molecule has 0 spiro atoms. The molecule has 1 N–H and O–H groups in total. The van der Waals surface area contributed by atoms with E-state index in [0.29, 0.717) is 6.04 Å². The largest absolute Gasteiger partial charge is 0.309 e. The minimum Gasteiger partial charge on any atom is -0.309 e. The zero-order valence-corrected chi connectivity index (χ0v) is 11.9. The highest BCUT2D eigenvalue weighted by Crippen LogP contribution is 2.25. The number of likely N-dealkylation sites (N-methyl/N-ethyl adjacent to an activating group) is 1. The van der Waals surface area contributed by atoms with Crippen LogP contribution in [0.25, 0.3) is 0 Å². The van der Waals surface area contributed by atoms with E-state index >= 15 is 0 Å². The van der Waals surface area contributed by atoms with Gasteiger partial charge in [-0.05, 0) is 44.0 Å². The Labute approximate surface area is 116 Å². The standard InChI is InChI=1S/C16H23N3/c1-3-19(16-8-9-16)11-10-18-13(2)15-6-4-14(12-17)5-7-15/h4-7,13,16,18H,3,8-11H2,1-2H3. The molecule has 3 nitrogen and oxygen atoms in total. The molecule has 0 heterocycles. The van der Waals surface area contributed by atoms with Crippen LogP contribution in [-0.2, 0) is 0 Å². The van der Waals surface area contributed by atoms with Crippen molar-refractivity contribution in [1.29, 1.82) is 5.26 Å². The zero-order chi connectivity index (χ0) is 13.7. The fourth-order valence-corrected chi connectivity index (χ4v) is 2.43. The monoisotopic (exact) mass is 257 g/mol. The molecule has 1 aromatic carbocycles. The van der Waals surface area contributed by atoms with Gasteiger partial charge in [-0.1, -0.05) is 19.1 Å². The molecular formula is C16H23N3. The maximum atomic E-state index is 8.78. The van der Waals surface area contributed by atoms with Crippen LogP contribution in [0.4, 0.5) is 0 Å². The van der Waals surface area contributed by atoms with Crippen LogP contribution in [0.1, 0.15) is 43.9 Å². The molecule has 1 fully saturated rings. The smallest absolute Gasteiger partial charge is 0.0991 e. The van der Waals surface area contributed by atoms with Crippen LogP contribution in [0, 0.1) is 11.3 Å². The molecular weight excluding hydrogens is 234 g/mol. The van der Waals surface area contributed by atoms with E-state index in [1.165, 1.54) is 18.4 Å². The molecule has 3 heteroatoms. The molecule has 0 aliphatic heterocycles. The van der Waals surface area contributed by atoms with Crippen LogP contribution in [-0.4, -0.2) is 30.6 Å². The van der Waals surface area contributed by atoms with Crippen molar-refractivity contribution in [3.8, 4) is 6.07 Å². The maximum absolute atomic E-state index is 8.78. The molecule has 0 amide bonds. The van der Waals surface area contributed by atoms with Gasteiger partial charge >= 0.3 is 0 Å². The Balaban J connectivity index is 1.76. The molecule has 0 saturated heterocycles. The molecule has 1 atom stereocenters. The summed E-state index contributed by atoms with van der Waals surface area (Å²) in [6.45, 7) is 7.71. The Morgan fingerprint density at radius 1 is 1.37 bits per heavy atom. The minimum atomic E-state index is 0.339. The first-order valence-electron chi connectivity index (χ1n) is 7.22. The number of nitriles is 1. The van der Waals surface area contributed by atoms with Gasteiger partial charge in [-0.25, -0.2) is 0 Å². The summed E-state index contributed by atoms with van der Waals surface area (Å²) in [5.74, 6) is 0. The molecule has 0 radical (unpaired) electrons. The van der Waals surface area contributed by atoms with Crippen molar-refractivity contribution in [3.05, 3.63) is 35.4 Å². The van der Waals surface area contributed by atoms with Crippen LogP contribution in [0.2, 0.25) is 0 Å². The number of hydrogen-bond donors (Lipinski definition) is 1. The fourth-order valence-electron chi connectivity index (χ4n) is 2.43. The molecule has 102 valence electrons. The van der Waals surface area contributed by atoms with E-state index < -0.39 is 0 Å². The SMILES string of the molecule is CCN(CCNC(C)c1ccc(C#N)cc1)C1CC1. The van der Waals surface area contributed by atoms with E-state index in [4.69, 9.17) is 5.26 Å². The van der Waals surface area contributed by atoms with Crippen molar-refractivity contribution >= 4 is 0 Å². The first-order chi connectivity index (χ1) is 9.24. The van der Waals surface area contributed by atoms with Crippen molar-refractivity contribution in [2.24, 2.45) is 0 Å². The Bertz CT molecular complexity index is 428. The first kappa shape index (κ1) is 14.0. The molecule has 2 rings (SSSR count). The summed E-state index contributed by atoms with van der Waals surface area (Å²) in [6, 6.07) is 11.2. The number of nitrogens with one attached hydrogen (secondary N) is 1.